The first-order valence-electron chi connectivity index (χ1n) is 9.18. The molecule has 1 aromatic carbocycles. The average molecular weight is 417 g/mol. The Morgan fingerprint density at radius 2 is 2.00 bits per heavy atom. The van der Waals surface area contributed by atoms with Gasteiger partial charge in [-0.15, -0.1) is 22.9 Å². The number of aromatic nitrogens is 1. The highest BCUT2D eigenvalue weighted by atomic mass is 35.5. The molecule has 3 rings (SSSR count). The predicted molar refractivity (Wildman–Crippen MR) is 109 cm³/mol. The Morgan fingerprint density at radius 1 is 1.25 bits per heavy atom. The molecule has 2 N–H and O–H groups in total. The lowest BCUT2D eigenvalue weighted by Crippen LogP contribution is -2.48. The third kappa shape index (κ3) is 4.89. The number of carbonyl (C=O) groups excluding carboxylic acids is 2. The summed E-state index contributed by atoms with van der Waals surface area (Å²) >= 11 is 7.31. The topological polar surface area (TPSA) is 94.9 Å². The second-order valence-electron chi connectivity index (χ2n) is 6.70. The quantitative estimate of drug-likeness (QED) is 0.556. The van der Waals surface area contributed by atoms with E-state index in [0.29, 0.717) is 17.9 Å². The van der Waals surface area contributed by atoms with Crippen LogP contribution in [0.4, 0.5) is 0 Å². The molecule has 1 aliphatic rings. The van der Waals surface area contributed by atoms with Crippen molar-refractivity contribution in [3.8, 4) is 16.6 Å². The molecule has 1 heterocycles. The Kier molecular flexibility index (Phi) is 7.01. The number of benzene rings is 1. The second-order valence-corrected chi connectivity index (χ2v) is 7.83. The van der Waals surface area contributed by atoms with Crippen molar-refractivity contribution in [2.75, 3.05) is 6.54 Å². The van der Waals surface area contributed by atoms with Crippen molar-refractivity contribution in [2.45, 2.75) is 37.6 Å². The molecule has 6 nitrogen and oxygen atoms in total. The van der Waals surface area contributed by atoms with Gasteiger partial charge in [0.1, 0.15) is 11.6 Å². The molecule has 1 aliphatic carbocycles. The van der Waals surface area contributed by atoms with Crippen LogP contribution in [0.3, 0.4) is 0 Å². The Labute approximate surface area is 172 Å². The highest BCUT2D eigenvalue weighted by molar-refractivity contribution is 7.13. The summed E-state index contributed by atoms with van der Waals surface area (Å²) in [6.07, 6.45) is 3.39. The van der Waals surface area contributed by atoms with E-state index in [0.717, 1.165) is 35.5 Å². The monoisotopic (exact) mass is 416 g/mol. The van der Waals surface area contributed by atoms with E-state index < -0.39 is 0 Å². The number of hydrogen-bond acceptors (Lipinski definition) is 5. The van der Waals surface area contributed by atoms with Crippen molar-refractivity contribution in [2.24, 2.45) is 5.92 Å². The fourth-order valence-corrected chi connectivity index (χ4v) is 4.45. The van der Waals surface area contributed by atoms with Crippen LogP contribution in [0.1, 0.15) is 41.7 Å². The number of thiazole rings is 1. The van der Waals surface area contributed by atoms with E-state index in [1.807, 2.05) is 23.6 Å². The molecule has 28 heavy (non-hydrogen) atoms. The van der Waals surface area contributed by atoms with Crippen LogP contribution < -0.4 is 10.6 Å². The average Bonchev–Trinajstić information content (AvgIpc) is 3.22. The molecule has 0 aliphatic heterocycles. The van der Waals surface area contributed by atoms with Crippen LogP contribution in [0.5, 0.6) is 0 Å². The van der Waals surface area contributed by atoms with E-state index >= 15 is 0 Å². The fraction of sp³-hybridized carbons (Fsp3) is 0.400. The van der Waals surface area contributed by atoms with E-state index in [1.165, 1.54) is 11.3 Å². The number of nitrogens with one attached hydrogen (secondary N) is 2. The van der Waals surface area contributed by atoms with Gasteiger partial charge in [0.25, 0.3) is 5.91 Å². The SMILES string of the molecule is N#CCNC(=O)[C@@H]1CCCC[C@@H]1NC(=O)c1ccc(-c2nc(CCl)cs2)cc1. The maximum atomic E-state index is 12.7. The van der Waals surface area contributed by atoms with Crippen molar-refractivity contribution in [1.82, 2.24) is 15.6 Å². The van der Waals surface area contributed by atoms with Crippen LogP contribution in [-0.4, -0.2) is 29.4 Å². The molecular weight excluding hydrogens is 396 g/mol. The van der Waals surface area contributed by atoms with Gasteiger partial charge in [0.15, 0.2) is 0 Å². The molecule has 2 atom stereocenters. The Hall–Kier alpha value is -2.43. The zero-order valence-corrected chi connectivity index (χ0v) is 16.9. The van der Waals surface area contributed by atoms with Gasteiger partial charge < -0.3 is 10.6 Å². The molecule has 0 spiro atoms. The molecule has 1 aromatic heterocycles. The van der Waals surface area contributed by atoms with Gasteiger partial charge in [-0.2, -0.15) is 5.26 Å². The number of nitriles is 1. The highest BCUT2D eigenvalue weighted by Crippen LogP contribution is 2.26. The molecule has 146 valence electrons. The van der Waals surface area contributed by atoms with Crippen LogP contribution in [0.2, 0.25) is 0 Å². The molecule has 2 amide bonds. The number of alkyl halides is 1. The van der Waals surface area contributed by atoms with Crippen molar-refractivity contribution < 1.29 is 9.59 Å². The minimum atomic E-state index is -0.297. The van der Waals surface area contributed by atoms with Crippen LogP contribution in [0, 0.1) is 17.2 Å². The maximum Gasteiger partial charge on any atom is 0.251 e. The minimum absolute atomic E-state index is 0.0142. The Morgan fingerprint density at radius 3 is 2.68 bits per heavy atom. The number of hydrogen-bond donors (Lipinski definition) is 2. The first kappa shape index (κ1) is 20.3. The first-order chi connectivity index (χ1) is 13.6. The molecule has 0 saturated heterocycles. The van der Waals surface area contributed by atoms with E-state index in [1.54, 1.807) is 12.1 Å². The summed E-state index contributed by atoms with van der Waals surface area (Å²) in [6, 6.07) is 8.95. The zero-order chi connectivity index (χ0) is 19.9. The van der Waals surface area contributed by atoms with E-state index in [4.69, 9.17) is 16.9 Å². The lowest BCUT2D eigenvalue weighted by Gasteiger charge is -2.31. The number of nitrogens with zero attached hydrogens (tertiary/aromatic N) is 2. The minimum Gasteiger partial charge on any atom is -0.349 e. The third-order valence-corrected chi connectivity index (χ3v) is 6.06. The molecule has 1 saturated carbocycles. The van der Waals surface area contributed by atoms with Gasteiger partial charge >= 0.3 is 0 Å². The Bertz CT molecular complexity index is 875. The van der Waals surface area contributed by atoms with Crippen LogP contribution >= 0.6 is 22.9 Å². The predicted octanol–water partition coefficient (Wildman–Crippen LogP) is 3.48. The normalized spacial score (nSPS) is 18.9. The van der Waals surface area contributed by atoms with Crippen molar-refractivity contribution in [3.63, 3.8) is 0 Å². The van der Waals surface area contributed by atoms with Gasteiger partial charge in [0.2, 0.25) is 5.91 Å². The molecule has 2 aromatic rings. The standard InChI is InChI=1S/C20H21ClN4O2S/c21-11-15-12-28-20(24-15)14-7-5-13(6-8-14)18(26)25-17-4-2-1-3-16(17)19(27)23-10-9-22/h5-8,12,16-17H,1-4,10-11H2,(H,23,27)(H,25,26)/t16-,17+/m1/s1. The molecule has 0 radical (unpaired) electrons. The van der Waals surface area contributed by atoms with Gasteiger partial charge in [-0.05, 0) is 25.0 Å². The molecule has 0 bridgehead atoms. The second kappa shape index (κ2) is 9.67. The lowest BCUT2D eigenvalue weighted by atomic mass is 9.83. The first-order valence-corrected chi connectivity index (χ1v) is 10.6. The van der Waals surface area contributed by atoms with Crippen LogP contribution in [0.25, 0.3) is 10.6 Å². The van der Waals surface area contributed by atoms with Crippen LogP contribution in [-0.2, 0) is 10.7 Å². The summed E-state index contributed by atoms with van der Waals surface area (Å²) in [6.45, 7) is -0.0142. The fourth-order valence-electron chi connectivity index (χ4n) is 3.39. The zero-order valence-electron chi connectivity index (χ0n) is 15.3. The summed E-state index contributed by atoms with van der Waals surface area (Å²) in [7, 11) is 0. The number of amides is 2. The van der Waals surface area contributed by atoms with Gasteiger partial charge in [-0.3, -0.25) is 9.59 Å². The van der Waals surface area contributed by atoms with Gasteiger partial charge in [0, 0.05) is 22.5 Å². The third-order valence-electron chi connectivity index (χ3n) is 4.84. The smallest absolute Gasteiger partial charge is 0.251 e. The van der Waals surface area contributed by atoms with E-state index in [2.05, 4.69) is 15.6 Å². The summed E-state index contributed by atoms with van der Waals surface area (Å²) in [5, 5.41) is 17.0. The molecule has 1 fully saturated rings. The number of halogens is 1. The molecule has 0 unspecified atom stereocenters. The Balaban J connectivity index is 1.66. The van der Waals surface area contributed by atoms with Crippen molar-refractivity contribution in [1.29, 1.82) is 5.26 Å². The van der Waals surface area contributed by atoms with Gasteiger partial charge in [0.05, 0.1) is 23.6 Å². The van der Waals surface area contributed by atoms with Gasteiger partial charge in [-0.1, -0.05) is 25.0 Å². The highest BCUT2D eigenvalue weighted by Gasteiger charge is 2.32. The summed E-state index contributed by atoms with van der Waals surface area (Å²) in [5.41, 5.74) is 2.31. The van der Waals surface area contributed by atoms with Crippen molar-refractivity contribution >= 4 is 34.8 Å². The largest absolute Gasteiger partial charge is 0.349 e. The summed E-state index contributed by atoms with van der Waals surface area (Å²) < 4.78 is 0. The summed E-state index contributed by atoms with van der Waals surface area (Å²) in [4.78, 5) is 29.4. The molecule has 8 heteroatoms. The van der Waals surface area contributed by atoms with E-state index in [9.17, 15) is 9.59 Å². The van der Waals surface area contributed by atoms with E-state index in [-0.39, 0.29) is 30.3 Å². The maximum absolute atomic E-state index is 12.7. The van der Waals surface area contributed by atoms with Crippen molar-refractivity contribution in [3.05, 3.63) is 40.9 Å². The molecular formula is C20H21ClN4O2S. The summed E-state index contributed by atoms with van der Waals surface area (Å²) in [5.74, 6) is -0.283. The number of rotatable bonds is 6. The van der Waals surface area contributed by atoms with Gasteiger partial charge in [-0.25, -0.2) is 4.98 Å². The van der Waals surface area contributed by atoms with Crippen LogP contribution in [0.15, 0.2) is 29.6 Å². The number of carbonyl (C=O) groups is 2. The lowest BCUT2D eigenvalue weighted by molar-refractivity contribution is -0.126.